The van der Waals surface area contributed by atoms with Crippen LogP contribution in [0.3, 0.4) is 0 Å². The number of hydrogen-bond acceptors (Lipinski definition) is 3. The summed E-state index contributed by atoms with van der Waals surface area (Å²) in [6, 6.07) is 8.80. The lowest BCUT2D eigenvalue weighted by atomic mass is 10.1. The van der Waals surface area contributed by atoms with Crippen LogP contribution in [0.1, 0.15) is 49.5 Å². The Bertz CT molecular complexity index is 484. The molecule has 1 fully saturated rings. The fourth-order valence-corrected chi connectivity index (χ4v) is 3.16. The summed E-state index contributed by atoms with van der Waals surface area (Å²) in [6.07, 6.45) is 2.09. The summed E-state index contributed by atoms with van der Waals surface area (Å²) in [5.74, 6) is 0.121. The van der Waals surface area contributed by atoms with E-state index < -0.39 is 0 Å². The smallest absolute Gasteiger partial charge is 0.254 e. The summed E-state index contributed by atoms with van der Waals surface area (Å²) in [5.41, 5.74) is 7.79. The van der Waals surface area contributed by atoms with Crippen molar-refractivity contribution in [2.45, 2.75) is 52.2 Å². The van der Waals surface area contributed by atoms with E-state index in [4.69, 9.17) is 5.73 Å². The summed E-state index contributed by atoms with van der Waals surface area (Å²) in [4.78, 5) is 16.9. The van der Waals surface area contributed by atoms with Crippen LogP contribution in [0.25, 0.3) is 0 Å². The van der Waals surface area contributed by atoms with Crippen LogP contribution in [0, 0.1) is 0 Å². The van der Waals surface area contributed by atoms with Gasteiger partial charge in [0, 0.05) is 37.3 Å². The van der Waals surface area contributed by atoms with Crippen LogP contribution in [0.2, 0.25) is 0 Å². The molecule has 4 nitrogen and oxygen atoms in total. The highest BCUT2D eigenvalue weighted by atomic mass is 16.2. The monoisotopic (exact) mass is 303 g/mol. The first-order valence-corrected chi connectivity index (χ1v) is 8.40. The molecular weight excluding hydrogens is 274 g/mol. The van der Waals surface area contributed by atoms with E-state index in [2.05, 4.69) is 37.8 Å². The van der Waals surface area contributed by atoms with Crippen LogP contribution < -0.4 is 5.73 Å². The average Bonchev–Trinajstić information content (AvgIpc) is 3.00. The second-order valence-corrected chi connectivity index (χ2v) is 6.38. The minimum atomic E-state index is 0.121. The summed E-state index contributed by atoms with van der Waals surface area (Å²) < 4.78 is 0. The summed E-state index contributed by atoms with van der Waals surface area (Å²) >= 11 is 0. The lowest BCUT2D eigenvalue weighted by Gasteiger charge is -2.25. The van der Waals surface area contributed by atoms with Gasteiger partial charge >= 0.3 is 0 Å². The van der Waals surface area contributed by atoms with Crippen molar-refractivity contribution < 1.29 is 4.79 Å². The number of benzene rings is 1. The van der Waals surface area contributed by atoms with Crippen molar-refractivity contribution in [3.63, 3.8) is 0 Å². The largest absolute Gasteiger partial charge is 0.334 e. The molecule has 1 heterocycles. The molecule has 1 aromatic rings. The number of likely N-dealkylation sites (tertiary alicyclic amines) is 1. The number of hydrogen-bond donors (Lipinski definition) is 1. The van der Waals surface area contributed by atoms with Crippen LogP contribution in [-0.4, -0.2) is 47.4 Å². The molecule has 0 radical (unpaired) electrons. The fraction of sp³-hybridized carbons (Fsp3) is 0.611. The Balaban J connectivity index is 2.03. The maximum Gasteiger partial charge on any atom is 0.254 e. The Morgan fingerprint density at radius 2 is 2.05 bits per heavy atom. The maximum atomic E-state index is 12.6. The van der Waals surface area contributed by atoms with E-state index in [-0.39, 0.29) is 11.9 Å². The summed E-state index contributed by atoms with van der Waals surface area (Å²) in [5, 5.41) is 0. The first kappa shape index (κ1) is 17.0. The summed E-state index contributed by atoms with van der Waals surface area (Å²) in [7, 11) is 0. The van der Waals surface area contributed by atoms with Crippen LogP contribution >= 0.6 is 0 Å². The van der Waals surface area contributed by atoms with Crippen molar-refractivity contribution in [3.8, 4) is 0 Å². The molecule has 1 atom stereocenters. The minimum Gasteiger partial charge on any atom is -0.334 e. The number of nitrogens with two attached hydrogens (primary N) is 1. The van der Waals surface area contributed by atoms with E-state index in [9.17, 15) is 4.79 Å². The van der Waals surface area contributed by atoms with Gasteiger partial charge in [0.05, 0.1) is 0 Å². The molecule has 1 amide bonds. The molecular formula is C18H29N3O. The molecule has 0 saturated carbocycles. The minimum absolute atomic E-state index is 0.121. The molecule has 0 spiro atoms. The molecule has 122 valence electrons. The Morgan fingerprint density at radius 1 is 1.36 bits per heavy atom. The molecule has 1 aliphatic heterocycles. The van der Waals surface area contributed by atoms with Gasteiger partial charge in [-0.15, -0.1) is 0 Å². The van der Waals surface area contributed by atoms with Gasteiger partial charge < -0.3 is 10.6 Å². The lowest BCUT2D eigenvalue weighted by Crippen LogP contribution is -2.39. The lowest BCUT2D eigenvalue weighted by molar-refractivity contribution is 0.0741. The third kappa shape index (κ3) is 3.87. The Hall–Kier alpha value is -1.39. The standard InChI is InChI=1S/C18H29N3O/c1-4-20(14(2)3)13-15-7-9-16(10-8-15)18(22)21-11-5-6-17(21)12-19/h7-10,14,17H,4-6,11-13,19H2,1-3H3. The molecule has 4 heteroatoms. The Labute approximate surface area is 134 Å². The zero-order valence-corrected chi connectivity index (χ0v) is 14.1. The number of rotatable bonds is 6. The predicted molar refractivity (Wildman–Crippen MR) is 90.8 cm³/mol. The van der Waals surface area contributed by atoms with Crippen molar-refractivity contribution in [2.75, 3.05) is 19.6 Å². The van der Waals surface area contributed by atoms with Crippen LogP contribution in [0.5, 0.6) is 0 Å². The highest BCUT2D eigenvalue weighted by Gasteiger charge is 2.28. The normalized spacial score (nSPS) is 18.5. The van der Waals surface area contributed by atoms with Crippen molar-refractivity contribution in [1.82, 2.24) is 9.80 Å². The van der Waals surface area contributed by atoms with Crippen molar-refractivity contribution in [2.24, 2.45) is 5.73 Å². The molecule has 0 aromatic heterocycles. The maximum absolute atomic E-state index is 12.6. The highest BCUT2D eigenvalue weighted by molar-refractivity contribution is 5.94. The van der Waals surface area contributed by atoms with Crippen molar-refractivity contribution in [1.29, 1.82) is 0 Å². The van der Waals surface area contributed by atoms with E-state index in [1.54, 1.807) is 0 Å². The molecule has 0 bridgehead atoms. The van der Waals surface area contributed by atoms with Gasteiger partial charge in [0.2, 0.25) is 0 Å². The van der Waals surface area contributed by atoms with Gasteiger partial charge in [0.1, 0.15) is 0 Å². The molecule has 1 aliphatic rings. The van der Waals surface area contributed by atoms with E-state index in [0.29, 0.717) is 12.6 Å². The van der Waals surface area contributed by atoms with Gasteiger partial charge in [-0.1, -0.05) is 19.1 Å². The highest BCUT2D eigenvalue weighted by Crippen LogP contribution is 2.20. The van der Waals surface area contributed by atoms with Gasteiger partial charge in [0.25, 0.3) is 5.91 Å². The van der Waals surface area contributed by atoms with E-state index in [1.807, 2.05) is 17.0 Å². The number of amides is 1. The quantitative estimate of drug-likeness (QED) is 0.878. The number of carbonyl (C=O) groups is 1. The molecule has 0 aliphatic carbocycles. The third-order valence-corrected chi connectivity index (χ3v) is 4.63. The number of nitrogens with zero attached hydrogens (tertiary/aromatic N) is 2. The zero-order valence-electron chi connectivity index (χ0n) is 14.1. The average molecular weight is 303 g/mol. The first-order valence-electron chi connectivity index (χ1n) is 8.40. The number of carbonyl (C=O) groups excluding carboxylic acids is 1. The van der Waals surface area contributed by atoms with E-state index in [0.717, 1.165) is 38.0 Å². The van der Waals surface area contributed by atoms with Crippen LogP contribution in [0.4, 0.5) is 0 Å². The predicted octanol–water partition coefficient (Wildman–Crippen LogP) is 2.48. The fourth-order valence-electron chi connectivity index (χ4n) is 3.16. The Kier molecular flexibility index (Phi) is 5.98. The summed E-state index contributed by atoms with van der Waals surface area (Å²) in [6.45, 7) is 9.95. The van der Waals surface area contributed by atoms with Gasteiger partial charge in [-0.2, -0.15) is 0 Å². The van der Waals surface area contributed by atoms with Gasteiger partial charge in [-0.05, 0) is 50.9 Å². The molecule has 2 rings (SSSR count). The topological polar surface area (TPSA) is 49.6 Å². The second kappa shape index (κ2) is 7.75. The Morgan fingerprint density at radius 3 is 2.59 bits per heavy atom. The third-order valence-electron chi connectivity index (χ3n) is 4.63. The van der Waals surface area contributed by atoms with Crippen molar-refractivity contribution >= 4 is 5.91 Å². The molecule has 22 heavy (non-hydrogen) atoms. The molecule has 2 N–H and O–H groups in total. The van der Waals surface area contributed by atoms with Crippen molar-refractivity contribution in [3.05, 3.63) is 35.4 Å². The van der Waals surface area contributed by atoms with Crippen LogP contribution in [0.15, 0.2) is 24.3 Å². The van der Waals surface area contributed by atoms with Crippen LogP contribution in [-0.2, 0) is 6.54 Å². The SMILES string of the molecule is CCN(Cc1ccc(C(=O)N2CCCC2CN)cc1)C(C)C. The molecule has 1 aromatic carbocycles. The van der Waals surface area contributed by atoms with Gasteiger partial charge in [-0.25, -0.2) is 0 Å². The molecule has 1 saturated heterocycles. The second-order valence-electron chi connectivity index (χ2n) is 6.38. The zero-order chi connectivity index (χ0) is 16.1. The van der Waals surface area contributed by atoms with Gasteiger partial charge in [-0.3, -0.25) is 9.69 Å². The first-order chi connectivity index (χ1) is 10.6. The van der Waals surface area contributed by atoms with E-state index >= 15 is 0 Å². The molecule has 1 unspecified atom stereocenters. The van der Waals surface area contributed by atoms with E-state index in [1.165, 1.54) is 5.56 Å². The van der Waals surface area contributed by atoms with Gasteiger partial charge in [0.15, 0.2) is 0 Å².